The van der Waals surface area contributed by atoms with Crippen molar-refractivity contribution in [2.45, 2.75) is 426 Å². The lowest BCUT2D eigenvalue weighted by atomic mass is 9.99. The van der Waals surface area contributed by atoms with Crippen molar-refractivity contribution >= 4 is 39.5 Å². The van der Waals surface area contributed by atoms with Crippen molar-refractivity contribution in [1.82, 2.24) is 0 Å². The van der Waals surface area contributed by atoms with Gasteiger partial charge >= 0.3 is 39.5 Å². The number of carbonyl (C=O) groups excluding carboxylic acids is 4. The molecule has 0 aliphatic heterocycles. The summed E-state index contributed by atoms with van der Waals surface area (Å²) in [5.74, 6) is -0.642. The minimum Gasteiger partial charge on any atom is -0.462 e. The molecule has 0 fully saturated rings. The van der Waals surface area contributed by atoms with E-state index in [2.05, 4.69) is 41.5 Å². The number of rotatable bonds is 77. The van der Waals surface area contributed by atoms with Crippen LogP contribution in [0.5, 0.6) is 0 Å². The molecule has 0 rings (SSSR count). The summed E-state index contributed by atoms with van der Waals surface area (Å²) < 4.78 is 68.5. The maximum absolute atomic E-state index is 13.1. The topological polar surface area (TPSA) is 237 Å². The molecule has 0 aliphatic carbocycles. The smallest absolute Gasteiger partial charge is 0.462 e. The van der Waals surface area contributed by atoms with Crippen LogP contribution >= 0.6 is 15.6 Å². The third-order valence-corrected chi connectivity index (χ3v) is 20.5. The van der Waals surface area contributed by atoms with Gasteiger partial charge in [0.05, 0.1) is 26.4 Å². The SMILES string of the molecule is CCCCCCCCCCCCCCCCCCCCCCCCC(=O)O[C@H](COC(=O)CCCCCCCCCCCCCCC)COP(=O)(O)OC[C@@H](O)COP(=O)(O)OC[C@@H](COC(=O)CCCCCCCCCC(C)C)OC(=O)CCCCCCCCCCC(C)CC. The number of hydrogen-bond donors (Lipinski definition) is 3. The molecule has 3 N–H and O–H groups in total. The van der Waals surface area contributed by atoms with Gasteiger partial charge in [0.2, 0.25) is 0 Å². The number of unbranched alkanes of at least 4 members (excludes halogenated alkanes) is 46. The molecule has 0 amide bonds. The van der Waals surface area contributed by atoms with Crippen molar-refractivity contribution in [3.8, 4) is 0 Å². The Kier molecular flexibility index (Phi) is 68.4. The predicted molar refractivity (Wildman–Crippen MR) is 395 cm³/mol. The second-order valence-electron chi connectivity index (χ2n) is 28.8. The van der Waals surface area contributed by atoms with Gasteiger partial charge in [-0.05, 0) is 37.5 Å². The number of aliphatic hydroxyl groups is 1. The van der Waals surface area contributed by atoms with Gasteiger partial charge in [0.15, 0.2) is 12.2 Å². The van der Waals surface area contributed by atoms with Crippen LogP contribution in [0.15, 0.2) is 0 Å². The quantitative estimate of drug-likeness (QED) is 0.0222. The van der Waals surface area contributed by atoms with Gasteiger partial charge in [-0.2, -0.15) is 0 Å². The van der Waals surface area contributed by atoms with E-state index in [1.807, 2.05) is 0 Å². The number of hydrogen-bond acceptors (Lipinski definition) is 15. The second kappa shape index (κ2) is 69.8. The minimum absolute atomic E-state index is 0.104. The number of aliphatic hydroxyl groups excluding tert-OH is 1. The van der Waals surface area contributed by atoms with Gasteiger partial charge in [-0.15, -0.1) is 0 Å². The fourth-order valence-corrected chi connectivity index (χ4v) is 13.6. The van der Waals surface area contributed by atoms with Crippen LogP contribution in [-0.4, -0.2) is 96.7 Å². The number of esters is 4. The van der Waals surface area contributed by atoms with E-state index in [0.717, 1.165) is 102 Å². The number of phosphoric acid groups is 2. The van der Waals surface area contributed by atoms with E-state index in [1.165, 1.54) is 218 Å². The first-order valence-corrected chi connectivity index (χ1v) is 43.5. The number of ether oxygens (including phenoxy) is 4. The van der Waals surface area contributed by atoms with E-state index in [0.29, 0.717) is 31.6 Å². The first kappa shape index (κ1) is 95.1. The Labute approximate surface area is 594 Å². The normalized spacial score (nSPS) is 14.2. The van der Waals surface area contributed by atoms with Crippen molar-refractivity contribution in [3.05, 3.63) is 0 Å². The zero-order chi connectivity index (χ0) is 71.4. The largest absolute Gasteiger partial charge is 0.472 e. The summed E-state index contributed by atoms with van der Waals surface area (Å²) >= 11 is 0. The van der Waals surface area contributed by atoms with E-state index in [9.17, 15) is 43.2 Å². The highest BCUT2D eigenvalue weighted by Gasteiger charge is 2.30. The summed E-state index contributed by atoms with van der Waals surface area (Å²) in [7, 11) is -9.91. The molecule has 0 aromatic heterocycles. The average Bonchev–Trinajstić information content (AvgIpc) is 1.02. The molecule has 17 nitrogen and oxygen atoms in total. The molecule has 0 aromatic carbocycles. The van der Waals surface area contributed by atoms with Gasteiger partial charge in [0.25, 0.3) is 0 Å². The third-order valence-electron chi connectivity index (χ3n) is 18.6. The summed E-state index contributed by atoms with van der Waals surface area (Å²) in [6.07, 6.45) is 58.5. The summed E-state index contributed by atoms with van der Waals surface area (Å²) in [6.45, 7) is 9.54. The maximum atomic E-state index is 13.1. The molecule has 0 heterocycles. The molecule has 0 saturated carbocycles. The van der Waals surface area contributed by atoms with E-state index in [-0.39, 0.29) is 25.7 Å². The van der Waals surface area contributed by atoms with Crippen molar-refractivity contribution in [3.63, 3.8) is 0 Å². The highest BCUT2D eigenvalue weighted by atomic mass is 31.2. The highest BCUT2D eigenvalue weighted by Crippen LogP contribution is 2.45. The molecule has 576 valence electrons. The van der Waals surface area contributed by atoms with Crippen molar-refractivity contribution in [1.29, 1.82) is 0 Å². The summed E-state index contributed by atoms with van der Waals surface area (Å²) in [5.41, 5.74) is 0. The summed E-state index contributed by atoms with van der Waals surface area (Å²) in [5, 5.41) is 10.6. The van der Waals surface area contributed by atoms with Crippen LogP contribution in [-0.2, 0) is 65.4 Å². The standard InChI is InChI=1S/C78H152O17P2/c1-7-10-12-14-16-18-20-22-23-24-25-26-27-28-29-30-32-34-36-43-50-56-62-77(82)94-73(66-88-75(80)60-54-48-42-35-33-31-21-19-17-15-13-11-8-2)68-92-96(84,85)90-64-72(79)65-91-97(86,87)93-69-74(67-89-76(81)61-55-49-45-39-40-46-52-58-70(4)5)95-78(83)63-57-51-44-38-37-41-47-53-59-71(6)9-3/h70-74,79H,7-69H2,1-6H3,(H,84,85)(H,86,87)/t71?,72-,73-,74-/m1/s1. The Balaban J connectivity index is 5.19. The number of phosphoric ester groups is 2. The van der Waals surface area contributed by atoms with E-state index in [1.54, 1.807) is 0 Å². The molecule has 0 aliphatic rings. The monoisotopic (exact) mass is 1420 g/mol. The summed E-state index contributed by atoms with van der Waals surface area (Å²) in [6, 6.07) is 0. The molecule has 3 unspecified atom stereocenters. The van der Waals surface area contributed by atoms with Crippen LogP contribution in [0.2, 0.25) is 0 Å². The molecule has 0 spiro atoms. The molecule has 6 atom stereocenters. The van der Waals surface area contributed by atoms with Crippen molar-refractivity contribution in [2.24, 2.45) is 11.8 Å². The van der Waals surface area contributed by atoms with Crippen molar-refractivity contribution < 1.29 is 80.2 Å². The van der Waals surface area contributed by atoms with Crippen LogP contribution in [0, 0.1) is 11.8 Å². The molecule has 0 radical (unpaired) electrons. The van der Waals surface area contributed by atoms with Gasteiger partial charge in [-0.25, -0.2) is 9.13 Å². The van der Waals surface area contributed by atoms with Crippen molar-refractivity contribution in [2.75, 3.05) is 39.6 Å². The maximum Gasteiger partial charge on any atom is 0.472 e. The molecule has 0 saturated heterocycles. The van der Waals surface area contributed by atoms with Crippen LogP contribution < -0.4 is 0 Å². The predicted octanol–water partition coefficient (Wildman–Crippen LogP) is 23.1. The first-order valence-electron chi connectivity index (χ1n) is 40.5. The molecular formula is C78H152O17P2. The van der Waals surface area contributed by atoms with Gasteiger partial charge in [-0.3, -0.25) is 37.3 Å². The van der Waals surface area contributed by atoms with Crippen LogP contribution in [0.4, 0.5) is 0 Å². The Morgan fingerprint density at radius 3 is 0.784 bits per heavy atom. The first-order chi connectivity index (χ1) is 46.9. The van der Waals surface area contributed by atoms with E-state index >= 15 is 0 Å². The Hall–Kier alpha value is -1.94. The lowest BCUT2D eigenvalue weighted by molar-refractivity contribution is -0.161. The van der Waals surface area contributed by atoms with Crippen LogP contribution in [0.1, 0.15) is 408 Å². The lowest BCUT2D eigenvalue weighted by Crippen LogP contribution is -2.30. The fraction of sp³-hybridized carbons (Fsp3) is 0.949. The second-order valence-corrected chi connectivity index (χ2v) is 31.7. The van der Waals surface area contributed by atoms with Gasteiger partial charge < -0.3 is 33.8 Å². The van der Waals surface area contributed by atoms with E-state index < -0.39 is 97.5 Å². The lowest BCUT2D eigenvalue weighted by Gasteiger charge is -2.21. The minimum atomic E-state index is -4.96. The molecular weight excluding hydrogens is 1270 g/mol. The average molecular weight is 1420 g/mol. The van der Waals surface area contributed by atoms with Crippen LogP contribution in [0.3, 0.4) is 0 Å². The van der Waals surface area contributed by atoms with E-state index in [4.69, 9.17) is 37.0 Å². The molecule has 97 heavy (non-hydrogen) atoms. The highest BCUT2D eigenvalue weighted by molar-refractivity contribution is 7.47. The fourth-order valence-electron chi connectivity index (χ4n) is 12.0. The Bertz CT molecular complexity index is 1870. The number of carbonyl (C=O) groups is 4. The molecule has 0 aromatic rings. The zero-order valence-electron chi connectivity index (χ0n) is 63.4. The zero-order valence-corrected chi connectivity index (χ0v) is 65.2. The van der Waals surface area contributed by atoms with Gasteiger partial charge in [-0.1, -0.05) is 356 Å². The Morgan fingerprint density at radius 1 is 0.299 bits per heavy atom. The van der Waals surface area contributed by atoms with Crippen LogP contribution in [0.25, 0.3) is 0 Å². The van der Waals surface area contributed by atoms with Gasteiger partial charge in [0.1, 0.15) is 19.3 Å². The third kappa shape index (κ3) is 70.9. The Morgan fingerprint density at radius 2 is 0.526 bits per heavy atom. The molecule has 0 bridgehead atoms. The molecule has 19 heteroatoms. The summed E-state index contributed by atoms with van der Waals surface area (Å²) in [4.78, 5) is 72.8. The van der Waals surface area contributed by atoms with Gasteiger partial charge in [0, 0.05) is 25.7 Å².